The molecule has 1 aliphatic carbocycles. The Morgan fingerprint density at radius 3 is 2.78 bits per heavy atom. The molecule has 4 rings (SSSR count). The van der Waals surface area contributed by atoms with Gasteiger partial charge in [0, 0.05) is 23.2 Å². The van der Waals surface area contributed by atoms with Crippen LogP contribution in [-0.2, 0) is 0 Å². The summed E-state index contributed by atoms with van der Waals surface area (Å²) >= 11 is 0. The minimum atomic E-state index is -1.00. The summed E-state index contributed by atoms with van der Waals surface area (Å²) in [6, 6.07) is 1.90. The number of furan rings is 1. The van der Waals surface area contributed by atoms with Crippen LogP contribution < -0.4 is 0 Å². The third-order valence-corrected chi connectivity index (χ3v) is 4.62. The molecule has 1 aliphatic rings. The molecule has 0 atom stereocenters. The number of rotatable bonds is 3. The van der Waals surface area contributed by atoms with Crippen molar-refractivity contribution in [2.24, 2.45) is 0 Å². The predicted octanol–water partition coefficient (Wildman–Crippen LogP) is 3.74. The fourth-order valence-corrected chi connectivity index (χ4v) is 3.51. The summed E-state index contributed by atoms with van der Waals surface area (Å²) in [5.74, 6) is -0.640. The quantitative estimate of drug-likeness (QED) is 0.797. The third kappa shape index (κ3) is 2.30. The van der Waals surface area contributed by atoms with Crippen LogP contribution >= 0.6 is 0 Å². The van der Waals surface area contributed by atoms with Gasteiger partial charge in [0.15, 0.2) is 5.65 Å². The molecule has 0 aliphatic heterocycles. The minimum Gasteiger partial charge on any atom is -0.477 e. The first-order chi connectivity index (χ1) is 11.3. The lowest BCUT2D eigenvalue weighted by Crippen LogP contribution is -2.13. The van der Waals surface area contributed by atoms with E-state index in [1.165, 1.54) is 25.5 Å². The summed E-state index contributed by atoms with van der Waals surface area (Å²) in [7, 11) is 0. The minimum absolute atomic E-state index is 0.140. The van der Waals surface area contributed by atoms with Gasteiger partial charge in [0.1, 0.15) is 5.56 Å². The van der Waals surface area contributed by atoms with Gasteiger partial charge in [-0.2, -0.15) is 5.10 Å². The smallest absolute Gasteiger partial charge is 0.341 e. The van der Waals surface area contributed by atoms with Crippen molar-refractivity contribution in [3.05, 3.63) is 42.2 Å². The van der Waals surface area contributed by atoms with Crippen LogP contribution in [-0.4, -0.2) is 25.7 Å². The Balaban J connectivity index is 1.96. The fraction of sp³-hybridized carbons (Fsp3) is 0.353. The zero-order valence-electron chi connectivity index (χ0n) is 12.6. The summed E-state index contributed by atoms with van der Waals surface area (Å²) in [5.41, 5.74) is 3.51. The molecule has 3 aromatic heterocycles. The van der Waals surface area contributed by atoms with Crippen LogP contribution in [0.15, 0.2) is 35.4 Å². The van der Waals surface area contributed by atoms with Gasteiger partial charge < -0.3 is 9.52 Å². The van der Waals surface area contributed by atoms with Gasteiger partial charge in [0.05, 0.1) is 24.4 Å². The van der Waals surface area contributed by atoms with Crippen molar-refractivity contribution < 1.29 is 14.3 Å². The Morgan fingerprint density at radius 1 is 1.26 bits per heavy atom. The van der Waals surface area contributed by atoms with Crippen molar-refractivity contribution >= 4 is 11.6 Å². The second-order valence-corrected chi connectivity index (χ2v) is 6.00. The van der Waals surface area contributed by atoms with Crippen LogP contribution in [0.1, 0.15) is 54.1 Å². The van der Waals surface area contributed by atoms with E-state index in [2.05, 4.69) is 10.1 Å². The Morgan fingerprint density at radius 2 is 2.09 bits per heavy atom. The molecule has 6 heteroatoms. The van der Waals surface area contributed by atoms with E-state index in [1.54, 1.807) is 23.2 Å². The van der Waals surface area contributed by atoms with Crippen molar-refractivity contribution in [1.82, 2.24) is 14.6 Å². The number of hydrogen-bond donors (Lipinski definition) is 1. The molecule has 1 saturated carbocycles. The number of hydrogen-bond acceptors (Lipinski definition) is 4. The Bertz CT molecular complexity index is 845. The number of carbonyl (C=O) groups is 1. The standard InChI is InChI=1S/C17H17N3O3/c21-17(22)14-9-19-20-15(11-4-2-1-3-5-11)13(8-18-16(14)20)12-6-7-23-10-12/h6-11H,1-5H2,(H,21,22). The molecule has 0 spiro atoms. The molecule has 1 fully saturated rings. The van der Waals surface area contributed by atoms with Crippen LogP contribution in [0.3, 0.4) is 0 Å². The van der Waals surface area contributed by atoms with Gasteiger partial charge in [-0.25, -0.2) is 14.3 Å². The summed E-state index contributed by atoms with van der Waals surface area (Å²) in [5, 5.41) is 13.6. The Kier molecular flexibility index (Phi) is 3.37. The molecule has 1 N–H and O–H groups in total. The van der Waals surface area contributed by atoms with Gasteiger partial charge >= 0.3 is 5.97 Å². The molecule has 0 saturated heterocycles. The van der Waals surface area contributed by atoms with Crippen LogP contribution in [0.25, 0.3) is 16.8 Å². The zero-order valence-corrected chi connectivity index (χ0v) is 12.6. The van der Waals surface area contributed by atoms with E-state index >= 15 is 0 Å². The van der Waals surface area contributed by atoms with E-state index < -0.39 is 5.97 Å². The summed E-state index contributed by atoms with van der Waals surface area (Å²) in [4.78, 5) is 15.7. The Labute approximate surface area is 132 Å². The largest absolute Gasteiger partial charge is 0.477 e. The van der Waals surface area contributed by atoms with E-state index in [0.29, 0.717) is 11.6 Å². The fourth-order valence-electron chi connectivity index (χ4n) is 3.51. The highest BCUT2D eigenvalue weighted by Crippen LogP contribution is 2.38. The van der Waals surface area contributed by atoms with Crippen molar-refractivity contribution in [1.29, 1.82) is 0 Å². The highest BCUT2D eigenvalue weighted by atomic mass is 16.4. The number of fused-ring (bicyclic) bond motifs is 1. The number of carboxylic acid groups (broad SMARTS) is 1. The van der Waals surface area contributed by atoms with Crippen LogP contribution in [0.2, 0.25) is 0 Å². The molecule has 118 valence electrons. The summed E-state index contributed by atoms with van der Waals surface area (Å²) < 4.78 is 6.93. The van der Waals surface area contributed by atoms with Gasteiger partial charge in [-0.05, 0) is 18.9 Å². The first-order valence-electron chi connectivity index (χ1n) is 7.88. The first kappa shape index (κ1) is 14.0. The molecule has 0 radical (unpaired) electrons. The third-order valence-electron chi connectivity index (χ3n) is 4.62. The van der Waals surface area contributed by atoms with Gasteiger partial charge in [-0.1, -0.05) is 19.3 Å². The zero-order chi connectivity index (χ0) is 15.8. The first-order valence-corrected chi connectivity index (χ1v) is 7.88. The highest BCUT2D eigenvalue weighted by molar-refractivity contribution is 5.94. The van der Waals surface area contributed by atoms with Gasteiger partial charge in [0.2, 0.25) is 0 Å². The van der Waals surface area contributed by atoms with Crippen molar-refractivity contribution in [2.45, 2.75) is 38.0 Å². The molecular weight excluding hydrogens is 294 g/mol. The Hall–Kier alpha value is -2.63. The molecule has 0 aromatic carbocycles. The number of carboxylic acids is 1. The van der Waals surface area contributed by atoms with Crippen molar-refractivity contribution in [3.63, 3.8) is 0 Å². The van der Waals surface area contributed by atoms with Crippen LogP contribution in [0.4, 0.5) is 0 Å². The maximum Gasteiger partial charge on any atom is 0.341 e. The topological polar surface area (TPSA) is 80.6 Å². The van der Waals surface area contributed by atoms with Crippen LogP contribution in [0, 0.1) is 0 Å². The molecular formula is C17H17N3O3. The number of aromatic carboxylic acids is 1. The van der Waals surface area contributed by atoms with Crippen LogP contribution in [0.5, 0.6) is 0 Å². The predicted molar refractivity (Wildman–Crippen MR) is 83.5 cm³/mol. The average Bonchev–Trinajstić information content (AvgIpc) is 3.24. The lowest BCUT2D eigenvalue weighted by Gasteiger charge is -2.24. The SMILES string of the molecule is O=C(O)c1cnn2c(C3CCCCC3)c(-c3ccoc3)cnc12. The molecule has 0 bridgehead atoms. The van der Waals surface area contributed by atoms with E-state index in [-0.39, 0.29) is 5.56 Å². The second kappa shape index (κ2) is 5.53. The summed E-state index contributed by atoms with van der Waals surface area (Å²) in [6.45, 7) is 0. The highest BCUT2D eigenvalue weighted by Gasteiger charge is 2.25. The average molecular weight is 311 g/mol. The maximum atomic E-state index is 11.4. The second-order valence-electron chi connectivity index (χ2n) is 6.00. The maximum absolute atomic E-state index is 11.4. The molecule has 3 heterocycles. The molecule has 0 amide bonds. The number of nitrogens with zero attached hydrogens (tertiary/aromatic N) is 3. The van der Waals surface area contributed by atoms with Crippen molar-refractivity contribution in [3.8, 4) is 11.1 Å². The van der Waals surface area contributed by atoms with Crippen molar-refractivity contribution in [2.75, 3.05) is 0 Å². The summed E-state index contributed by atoms with van der Waals surface area (Å²) in [6.07, 6.45) is 12.3. The molecule has 6 nitrogen and oxygen atoms in total. The van der Waals surface area contributed by atoms with E-state index in [0.717, 1.165) is 29.7 Å². The van der Waals surface area contributed by atoms with E-state index in [4.69, 9.17) is 4.42 Å². The van der Waals surface area contributed by atoms with E-state index in [1.807, 2.05) is 6.07 Å². The monoisotopic (exact) mass is 311 g/mol. The van der Waals surface area contributed by atoms with Gasteiger partial charge in [-0.15, -0.1) is 0 Å². The van der Waals surface area contributed by atoms with Gasteiger partial charge in [0.25, 0.3) is 0 Å². The normalized spacial score (nSPS) is 16.0. The molecule has 3 aromatic rings. The van der Waals surface area contributed by atoms with E-state index in [9.17, 15) is 9.90 Å². The van der Waals surface area contributed by atoms with Gasteiger partial charge in [-0.3, -0.25) is 0 Å². The molecule has 0 unspecified atom stereocenters. The lowest BCUT2D eigenvalue weighted by molar-refractivity contribution is 0.0698. The molecule has 23 heavy (non-hydrogen) atoms. The number of aromatic nitrogens is 3. The lowest BCUT2D eigenvalue weighted by atomic mass is 9.84.